The lowest BCUT2D eigenvalue weighted by molar-refractivity contribution is -0.167. The molecule has 0 aromatic carbocycles. The van der Waals surface area contributed by atoms with Gasteiger partial charge in [0.15, 0.2) is 6.10 Å². The SMILES string of the molecule is CCCCCCCCCCCCCCCCCCCCCC(=O)O[C@H](COC(=O)CCCCCCCCCCCCCCCCCCCC)COC(=O)CCCCCCCCCCCCCCCCCCCCC(C)CC. The molecule has 0 aliphatic rings. The Morgan fingerprint density at radius 3 is 0.675 bits per heavy atom. The maximum atomic E-state index is 13.0. The van der Waals surface area contributed by atoms with Crippen LogP contribution in [0.5, 0.6) is 0 Å². The molecule has 0 radical (unpaired) electrons. The molecular formula is C71H138O6. The average Bonchev–Trinajstić information content (AvgIpc) is 3.43. The van der Waals surface area contributed by atoms with E-state index in [1.54, 1.807) is 0 Å². The first kappa shape index (κ1) is 75.4. The van der Waals surface area contributed by atoms with Gasteiger partial charge < -0.3 is 14.2 Å². The maximum Gasteiger partial charge on any atom is 0.306 e. The highest BCUT2D eigenvalue weighted by Crippen LogP contribution is 2.20. The third-order valence-electron chi connectivity index (χ3n) is 16.9. The smallest absolute Gasteiger partial charge is 0.306 e. The van der Waals surface area contributed by atoms with E-state index in [1.807, 2.05) is 0 Å². The number of carbonyl (C=O) groups excluding carboxylic acids is 3. The molecule has 0 fully saturated rings. The van der Waals surface area contributed by atoms with Crippen LogP contribution >= 0.6 is 0 Å². The molecule has 77 heavy (non-hydrogen) atoms. The molecule has 0 saturated carbocycles. The highest BCUT2D eigenvalue weighted by molar-refractivity contribution is 5.71. The van der Waals surface area contributed by atoms with Crippen molar-refractivity contribution >= 4 is 17.9 Å². The van der Waals surface area contributed by atoms with Crippen LogP contribution in [0.1, 0.15) is 413 Å². The van der Waals surface area contributed by atoms with Gasteiger partial charge in [0.2, 0.25) is 0 Å². The minimum atomic E-state index is -0.764. The summed E-state index contributed by atoms with van der Waals surface area (Å²) >= 11 is 0. The Balaban J connectivity index is 4.27. The zero-order valence-electron chi connectivity index (χ0n) is 52.9. The van der Waals surface area contributed by atoms with Gasteiger partial charge in [-0.2, -0.15) is 0 Å². The van der Waals surface area contributed by atoms with Crippen LogP contribution in [0.25, 0.3) is 0 Å². The number of unbranched alkanes of at least 4 members (excludes halogenated alkanes) is 52. The van der Waals surface area contributed by atoms with Crippen molar-refractivity contribution in [3.63, 3.8) is 0 Å². The van der Waals surface area contributed by atoms with Gasteiger partial charge in [-0.15, -0.1) is 0 Å². The molecule has 6 heteroatoms. The van der Waals surface area contributed by atoms with E-state index in [-0.39, 0.29) is 31.1 Å². The molecule has 0 aliphatic carbocycles. The second-order valence-corrected chi connectivity index (χ2v) is 24.8. The Morgan fingerprint density at radius 1 is 0.260 bits per heavy atom. The zero-order valence-corrected chi connectivity index (χ0v) is 52.9. The van der Waals surface area contributed by atoms with E-state index in [9.17, 15) is 14.4 Å². The number of hydrogen-bond donors (Lipinski definition) is 0. The van der Waals surface area contributed by atoms with Crippen LogP contribution in [-0.2, 0) is 28.6 Å². The van der Waals surface area contributed by atoms with Gasteiger partial charge in [0, 0.05) is 19.3 Å². The van der Waals surface area contributed by atoms with Gasteiger partial charge in [0.1, 0.15) is 13.2 Å². The normalized spacial score (nSPS) is 12.3. The molecule has 0 aromatic rings. The topological polar surface area (TPSA) is 78.9 Å². The van der Waals surface area contributed by atoms with Crippen molar-refractivity contribution in [3.05, 3.63) is 0 Å². The molecule has 0 bridgehead atoms. The maximum absolute atomic E-state index is 13.0. The number of carbonyl (C=O) groups is 3. The summed E-state index contributed by atoms with van der Waals surface area (Å²) < 4.78 is 17.0. The number of rotatable bonds is 66. The van der Waals surface area contributed by atoms with E-state index in [0.717, 1.165) is 63.7 Å². The van der Waals surface area contributed by atoms with E-state index in [2.05, 4.69) is 27.7 Å². The summed E-state index contributed by atoms with van der Waals surface area (Å²) in [7, 11) is 0. The zero-order chi connectivity index (χ0) is 55.8. The molecule has 458 valence electrons. The van der Waals surface area contributed by atoms with Gasteiger partial charge >= 0.3 is 17.9 Å². The monoisotopic (exact) mass is 1090 g/mol. The van der Waals surface area contributed by atoms with Gasteiger partial charge in [-0.25, -0.2) is 0 Å². The summed E-state index contributed by atoms with van der Waals surface area (Å²) in [4.78, 5) is 38.5. The van der Waals surface area contributed by atoms with Gasteiger partial charge in [-0.05, 0) is 25.2 Å². The molecule has 0 N–H and O–H groups in total. The number of ether oxygens (including phenoxy) is 3. The number of esters is 3. The van der Waals surface area contributed by atoms with Gasteiger partial charge in [-0.1, -0.05) is 374 Å². The fourth-order valence-electron chi connectivity index (χ4n) is 11.2. The Kier molecular flexibility index (Phi) is 63.9. The largest absolute Gasteiger partial charge is 0.462 e. The van der Waals surface area contributed by atoms with Gasteiger partial charge in [-0.3, -0.25) is 14.4 Å². The predicted molar refractivity (Wildman–Crippen MR) is 335 cm³/mol. The van der Waals surface area contributed by atoms with Crippen molar-refractivity contribution in [2.75, 3.05) is 13.2 Å². The first-order chi connectivity index (χ1) is 37.9. The summed E-state index contributed by atoms with van der Waals surface area (Å²) in [6, 6.07) is 0. The molecule has 0 rings (SSSR count). The Morgan fingerprint density at radius 2 is 0.455 bits per heavy atom. The standard InChI is InChI=1S/C71H138O6/c1-5-8-10-12-14-16-18-20-22-24-26-32-36-40-44-48-52-56-60-64-71(74)77-68(65-75-69(72)62-58-54-50-46-42-38-34-30-25-23-21-19-17-15-13-11-9-6-2)66-76-70(73)63-59-55-51-47-43-39-35-31-28-27-29-33-37-41-45-49-53-57-61-67(4)7-3/h67-68H,5-66H2,1-4H3/t67?,68-/m1/s1. The second-order valence-electron chi connectivity index (χ2n) is 24.8. The molecule has 1 unspecified atom stereocenters. The summed E-state index contributed by atoms with van der Waals surface area (Å²) in [6.07, 6.45) is 75.4. The summed E-state index contributed by atoms with van der Waals surface area (Å²) in [6.45, 7) is 9.16. The second kappa shape index (κ2) is 65.2. The molecule has 0 aliphatic heterocycles. The predicted octanol–water partition coefficient (Wildman–Crippen LogP) is 24.1. The van der Waals surface area contributed by atoms with E-state index < -0.39 is 6.10 Å². The lowest BCUT2D eigenvalue weighted by Crippen LogP contribution is -2.30. The van der Waals surface area contributed by atoms with Crippen molar-refractivity contribution in [2.45, 2.75) is 419 Å². The van der Waals surface area contributed by atoms with Crippen LogP contribution in [0.4, 0.5) is 0 Å². The van der Waals surface area contributed by atoms with Crippen molar-refractivity contribution in [2.24, 2.45) is 5.92 Å². The van der Waals surface area contributed by atoms with Crippen molar-refractivity contribution < 1.29 is 28.6 Å². The molecule has 0 spiro atoms. The molecule has 0 saturated heterocycles. The Labute approximate surface area is 482 Å². The molecular weight excluding hydrogens is 949 g/mol. The van der Waals surface area contributed by atoms with Crippen molar-refractivity contribution in [1.29, 1.82) is 0 Å². The highest BCUT2D eigenvalue weighted by Gasteiger charge is 2.20. The van der Waals surface area contributed by atoms with Crippen LogP contribution < -0.4 is 0 Å². The molecule has 0 amide bonds. The van der Waals surface area contributed by atoms with Crippen LogP contribution in [0.2, 0.25) is 0 Å². The minimum absolute atomic E-state index is 0.0605. The lowest BCUT2D eigenvalue weighted by Gasteiger charge is -2.18. The summed E-state index contributed by atoms with van der Waals surface area (Å²) in [5.74, 6) is 0.0904. The van der Waals surface area contributed by atoms with Crippen LogP contribution in [0.15, 0.2) is 0 Å². The van der Waals surface area contributed by atoms with Crippen LogP contribution in [0, 0.1) is 5.92 Å². The third-order valence-corrected chi connectivity index (χ3v) is 16.9. The van der Waals surface area contributed by atoms with Crippen molar-refractivity contribution in [3.8, 4) is 0 Å². The Hall–Kier alpha value is -1.59. The summed E-state index contributed by atoms with van der Waals surface area (Å²) in [5.41, 5.74) is 0. The van der Waals surface area contributed by atoms with Crippen LogP contribution in [0.3, 0.4) is 0 Å². The first-order valence-electron chi connectivity index (χ1n) is 35.4. The fourth-order valence-corrected chi connectivity index (χ4v) is 11.2. The fraction of sp³-hybridized carbons (Fsp3) is 0.958. The lowest BCUT2D eigenvalue weighted by atomic mass is 9.99. The molecule has 6 nitrogen and oxygen atoms in total. The van der Waals surface area contributed by atoms with E-state index in [4.69, 9.17) is 14.2 Å². The summed E-state index contributed by atoms with van der Waals surface area (Å²) in [5, 5.41) is 0. The molecule has 2 atom stereocenters. The minimum Gasteiger partial charge on any atom is -0.462 e. The average molecular weight is 1090 g/mol. The van der Waals surface area contributed by atoms with Crippen molar-refractivity contribution in [1.82, 2.24) is 0 Å². The third kappa shape index (κ3) is 63.5. The van der Waals surface area contributed by atoms with Gasteiger partial charge in [0.05, 0.1) is 0 Å². The first-order valence-corrected chi connectivity index (χ1v) is 35.4. The number of hydrogen-bond acceptors (Lipinski definition) is 6. The quantitative estimate of drug-likeness (QED) is 0.0343. The van der Waals surface area contributed by atoms with Crippen LogP contribution in [-0.4, -0.2) is 37.2 Å². The Bertz CT molecular complexity index is 1170. The molecule has 0 heterocycles. The molecule has 0 aromatic heterocycles. The van der Waals surface area contributed by atoms with E-state index in [0.29, 0.717) is 19.3 Å². The van der Waals surface area contributed by atoms with E-state index >= 15 is 0 Å². The van der Waals surface area contributed by atoms with E-state index in [1.165, 1.54) is 308 Å². The van der Waals surface area contributed by atoms with Gasteiger partial charge in [0.25, 0.3) is 0 Å². The highest BCUT2D eigenvalue weighted by atomic mass is 16.6.